The lowest BCUT2D eigenvalue weighted by atomic mass is 9.91. The molecule has 1 aromatic carbocycles. The molecule has 1 aliphatic rings. The Morgan fingerprint density at radius 3 is 2.68 bits per heavy atom. The smallest absolute Gasteiger partial charge is 0.250 e. The van der Waals surface area contributed by atoms with Gasteiger partial charge in [0.25, 0.3) is 5.91 Å². The lowest BCUT2D eigenvalue weighted by Gasteiger charge is -2.36. The third-order valence-corrected chi connectivity index (χ3v) is 3.90. The summed E-state index contributed by atoms with van der Waals surface area (Å²) in [5.74, 6) is -0.531. The maximum atomic E-state index is 11.3. The number of anilines is 2. The molecule has 5 N–H and O–H groups in total. The van der Waals surface area contributed by atoms with Gasteiger partial charge in [-0.25, -0.2) is 0 Å². The third kappa shape index (κ3) is 2.81. The summed E-state index contributed by atoms with van der Waals surface area (Å²) in [5, 5.41) is 10.1. The first-order valence-corrected chi connectivity index (χ1v) is 6.61. The number of hydrogen-bond donors (Lipinski definition) is 3. The fourth-order valence-corrected chi connectivity index (χ4v) is 2.71. The molecule has 1 aliphatic carbocycles. The second kappa shape index (κ2) is 5.48. The van der Waals surface area contributed by atoms with Crippen LogP contribution in [0, 0.1) is 0 Å². The number of amides is 1. The van der Waals surface area contributed by atoms with Crippen molar-refractivity contribution in [3.05, 3.63) is 23.8 Å². The first-order chi connectivity index (χ1) is 9.00. The molecule has 104 valence electrons. The van der Waals surface area contributed by atoms with Gasteiger partial charge in [-0.2, -0.15) is 0 Å². The predicted molar refractivity (Wildman–Crippen MR) is 76.0 cm³/mol. The first kappa shape index (κ1) is 13.7. The van der Waals surface area contributed by atoms with Crippen LogP contribution in [-0.4, -0.2) is 30.2 Å². The monoisotopic (exact) mass is 263 g/mol. The number of primary amides is 1. The zero-order valence-electron chi connectivity index (χ0n) is 11.2. The Bertz CT molecular complexity index is 476. The quantitative estimate of drug-likeness (QED) is 0.712. The molecule has 5 nitrogen and oxygen atoms in total. The number of nitrogens with two attached hydrogens (primary N) is 2. The van der Waals surface area contributed by atoms with Gasteiger partial charge in [0.2, 0.25) is 0 Å². The molecule has 2 atom stereocenters. The number of nitrogen functional groups attached to an aromatic ring is 1. The summed E-state index contributed by atoms with van der Waals surface area (Å²) in [4.78, 5) is 13.3. The third-order valence-electron chi connectivity index (χ3n) is 3.90. The van der Waals surface area contributed by atoms with E-state index in [1.165, 1.54) is 0 Å². The van der Waals surface area contributed by atoms with E-state index in [2.05, 4.69) is 0 Å². The summed E-state index contributed by atoms with van der Waals surface area (Å²) in [7, 11) is 1.93. The maximum absolute atomic E-state index is 11.3. The van der Waals surface area contributed by atoms with Crippen molar-refractivity contribution >= 4 is 17.3 Å². The molecule has 1 fully saturated rings. The van der Waals surface area contributed by atoms with Crippen molar-refractivity contribution in [1.29, 1.82) is 0 Å². The number of benzene rings is 1. The van der Waals surface area contributed by atoms with Crippen LogP contribution < -0.4 is 16.4 Å². The van der Waals surface area contributed by atoms with E-state index < -0.39 is 5.91 Å². The molecule has 19 heavy (non-hydrogen) atoms. The highest BCUT2D eigenvalue weighted by Gasteiger charge is 2.27. The Balaban J connectivity index is 2.25. The molecule has 0 radical (unpaired) electrons. The number of aliphatic hydroxyl groups excluding tert-OH is 1. The van der Waals surface area contributed by atoms with Crippen LogP contribution in [0.4, 0.5) is 11.4 Å². The molecule has 0 spiro atoms. The van der Waals surface area contributed by atoms with Gasteiger partial charge in [0.1, 0.15) is 0 Å². The normalized spacial score (nSPS) is 23.1. The first-order valence-electron chi connectivity index (χ1n) is 6.61. The molecule has 0 bridgehead atoms. The number of hydrogen-bond acceptors (Lipinski definition) is 4. The van der Waals surface area contributed by atoms with Crippen LogP contribution in [0.1, 0.15) is 36.0 Å². The van der Waals surface area contributed by atoms with Crippen molar-refractivity contribution < 1.29 is 9.90 Å². The van der Waals surface area contributed by atoms with Gasteiger partial charge in [-0.15, -0.1) is 0 Å². The molecule has 0 aromatic heterocycles. The van der Waals surface area contributed by atoms with Gasteiger partial charge in [0, 0.05) is 18.4 Å². The number of carbonyl (C=O) groups excluding carboxylic acids is 1. The molecule has 0 saturated heterocycles. The summed E-state index contributed by atoms with van der Waals surface area (Å²) in [6.45, 7) is 0. The van der Waals surface area contributed by atoms with E-state index in [0.29, 0.717) is 11.3 Å². The van der Waals surface area contributed by atoms with E-state index in [-0.39, 0.29) is 12.1 Å². The lowest BCUT2D eigenvalue weighted by Crippen LogP contribution is -2.43. The summed E-state index contributed by atoms with van der Waals surface area (Å²) in [6.07, 6.45) is 3.64. The zero-order chi connectivity index (χ0) is 14.0. The minimum Gasteiger partial charge on any atom is -0.398 e. The molecule has 2 unspecified atom stereocenters. The van der Waals surface area contributed by atoms with Crippen molar-refractivity contribution in [3.63, 3.8) is 0 Å². The molecular formula is C14H21N3O2. The van der Waals surface area contributed by atoms with Crippen molar-refractivity contribution in [2.24, 2.45) is 5.73 Å². The molecule has 0 heterocycles. The molecule has 1 saturated carbocycles. The zero-order valence-corrected chi connectivity index (χ0v) is 11.2. The van der Waals surface area contributed by atoms with Gasteiger partial charge in [0.05, 0.1) is 17.7 Å². The minimum atomic E-state index is -0.531. The Kier molecular flexibility index (Phi) is 3.95. The van der Waals surface area contributed by atoms with E-state index >= 15 is 0 Å². The summed E-state index contributed by atoms with van der Waals surface area (Å²) < 4.78 is 0. The summed E-state index contributed by atoms with van der Waals surface area (Å²) in [5.41, 5.74) is 12.6. The minimum absolute atomic E-state index is 0.0816. The fraction of sp³-hybridized carbons (Fsp3) is 0.500. The van der Waals surface area contributed by atoms with Crippen LogP contribution in [0.5, 0.6) is 0 Å². The predicted octanol–water partition coefficient (Wildman–Crippen LogP) is 1.11. The maximum Gasteiger partial charge on any atom is 0.250 e. The Morgan fingerprint density at radius 2 is 2.05 bits per heavy atom. The van der Waals surface area contributed by atoms with E-state index in [1.54, 1.807) is 12.1 Å². The average Bonchev–Trinajstić information content (AvgIpc) is 2.38. The molecular weight excluding hydrogens is 242 g/mol. The second-order valence-electron chi connectivity index (χ2n) is 5.17. The number of likely N-dealkylation sites (N-methyl/N-ethyl adjacent to an activating group) is 1. The van der Waals surface area contributed by atoms with E-state index in [0.717, 1.165) is 31.4 Å². The van der Waals surface area contributed by atoms with Crippen LogP contribution in [0.3, 0.4) is 0 Å². The number of aliphatic hydroxyl groups is 1. The highest BCUT2D eigenvalue weighted by Crippen LogP contribution is 2.28. The van der Waals surface area contributed by atoms with E-state index in [4.69, 9.17) is 11.5 Å². The van der Waals surface area contributed by atoms with Gasteiger partial charge < -0.3 is 21.5 Å². The second-order valence-corrected chi connectivity index (χ2v) is 5.17. The summed E-state index contributed by atoms with van der Waals surface area (Å²) >= 11 is 0. The number of rotatable bonds is 3. The largest absolute Gasteiger partial charge is 0.398 e. The molecule has 0 aliphatic heterocycles. The standard InChI is InChI=1S/C14H21N3O2/c1-17(12-4-2-3-5-13(12)18)9-6-7-11(15)10(8-9)14(16)19/h6-8,12-13,18H,2-5,15H2,1H3,(H2,16,19). The molecule has 1 aromatic rings. The average molecular weight is 263 g/mol. The highest BCUT2D eigenvalue weighted by atomic mass is 16.3. The van der Waals surface area contributed by atoms with Gasteiger partial charge in [0.15, 0.2) is 0 Å². The Labute approximate surface area is 113 Å². The van der Waals surface area contributed by atoms with Gasteiger partial charge in [-0.3, -0.25) is 4.79 Å². The summed E-state index contributed by atoms with van der Waals surface area (Å²) in [6, 6.07) is 5.31. The SMILES string of the molecule is CN(c1ccc(N)c(C(N)=O)c1)C1CCCCC1O. The van der Waals surface area contributed by atoms with Crippen molar-refractivity contribution in [2.45, 2.75) is 37.8 Å². The van der Waals surface area contributed by atoms with Gasteiger partial charge in [-0.1, -0.05) is 12.8 Å². The molecule has 2 rings (SSSR count). The van der Waals surface area contributed by atoms with Crippen molar-refractivity contribution in [3.8, 4) is 0 Å². The highest BCUT2D eigenvalue weighted by molar-refractivity contribution is 5.99. The van der Waals surface area contributed by atoms with Crippen LogP contribution in [0.15, 0.2) is 18.2 Å². The van der Waals surface area contributed by atoms with Gasteiger partial charge >= 0.3 is 0 Å². The van der Waals surface area contributed by atoms with Crippen LogP contribution in [-0.2, 0) is 0 Å². The lowest BCUT2D eigenvalue weighted by molar-refractivity contribution is 0.100. The van der Waals surface area contributed by atoms with Crippen molar-refractivity contribution in [1.82, 2.24) is 0 Å². The van der Waals surface area contributed by atoms with E-state index in [9.17, 15) is 9.90 Å². The van der Waals surface area contributed by atoms with E-state index in [1.807, 2.05) is 18.0 Å². The van der Waals surface area contributed by atoms with Gasteiger partial charge in [-0.05, 0) is 31.0 Å². The number of nitrogens with zero attached hydrogens (tertiary/aromatic N) is 1. The fourth-order valence-electron chi connectivity index (χ4n) is 2.71. The van der Waals surface area contributed by atoms with Crippen molar-refractivity contribution in [2.75, 3.05) is 17.7 Å². The Hall–Kier alpha value is -1.75. The Morgan fingerprint density at radius 1 is 1.37 bits per heavy atom. The van der Waals surface area contributed by atoms with Crippen LogP contribution >= 0.6 is 0 Å². The topological polar surface area (TPSA) is 92.6 Å². The number of carbonyl (C=O) groups is 1. The molecule has 1 amide bonds. The van der Waals surface area contributed by atoms with Crippen LogP contribution in [0.25, 0.3) is 0 Å². The van der Waals surface area contributed by atoms with Crippen LogP contribution in [0.2, 0.25) is 0 Å². The molecule has 5 heteroatoms.